The van der Waals surface area contributed by atoms with Gasteiger partial charge in [0.05, 0.1) is 18.8 Å². The van der Waals surface area contributed by atoms with Gasteiger partial charge < -0.3 is 20.1 Å². The van der Waals surface area contributed by atoms with Crippen LogP contribution in [0.4, 0.5) is 0 Å². The van der Waals surface area contributed by atoms with Crippen LogP contribution in [0.25, 0.3) is 0 Å². The average molecular weight is 344 g/mol. The number of rotatable bonds is 13. The maximum atomic E-state index is 11.2. The fraction of sp³-hybridized carbons (Fsp3) is 0.889. The summed E-state index contributed by atoms with van der Waals surface area (Å²) in [5, 5.41) is 6.60. The van der Waals surface area contributed by atoms with Crippen LogP contribution in [-0.2, 0) is 14.3 Å². The van der Waals surface area contributed by atoms with E-state index in [9.17, 15) is 4.79 Å². The minimum absolute atomic E-state index is 0.0790. The van der Waals surface area contributed by atoms with Crippen molar-refractivity contribution in [3.63, 3.8) is 0 Å². The molecule has 142 valence electrons. The predicted octanol–water partition coefficient (Wildman–Crippen LogP) is 2.87. The second-order valence-corrected chi connectivity index (χ2v) is 6.41. The fourth-order valence-corrected chi connectivity index (χ4v) is 2.04. The third kappa shape index (κ3) is 13.2. The highest BCUT2D eigenvalue weighted by Crippen LogP contribution is 2.07. The van der Waals surface area contributed by atoms with Crippen LogP contribution in [0, 0.1) is 0 Å². The molecule has 0 heterocycles. The standard InChI is InChI=1S/C18H37N3O3/c1-6-19-17(21-15-18(3,4)23-5)20-14-12-10-8-9-11-13-16(22)24-7-2/h6-15H2,1-5H3,(H2,19,20,21). The first-order chi connectivity index (χ1) is 11.4. The molecular weight excluding hydrogens is 306 g/mol. The van der Waals surface area contributed by atoms with Crippen LogP contribution < -0.4 is 10.6 Å². The molecule has 2 N–H and O–H groups in total. The number of aliphatic imine (C=N–C) groups is 1. The molecule has 0 unspecified atom stereocenters. The van der Waals surface area contributed by atoms with Gasteiger partial charge in [0, 0.05) is 26.6 Å². The summed E-state index contributed by atoms with van der Waals surface area (Å²) >= 11 is 0. The molecule has 0 amide bonds. The zero-order valence-corrected chi connectivity index (χ0v) is 16.2. The molecule has 0 saturated heterocycles. The number of nitrogens with zero attached hydrogens (tertiary/aromatic N) is 1. The third-order valence-corrected chi connectivity index (χ3v) is 3.67. The van der Waals surface area contributed by atoms with Crippen LogP contribution in [0.15, 0.2) is 4.99 Å². The van der Waals surface area contributed by atoms with Gasteiger partial charge in [-0.15, -0.1) is 0 Å². The first-order valence-corrected chi connectivity index (χ1v) is 9.18. The van der Waals surface area contributed by atoms with Crippen molar-refractivity contribution in [3.8, 4) is 0 Å². The Labute approximate surface area is 147 Å². The highest BCUT2D eigenvalue weighted by Gasteiger charge is 2.15. The van der Waals surface area contributed by atoms with Crippen molar-refractivity contribution in [1.82, 2.24) is 10.6 Å². The SMILES string of the molecule is CCNC(=NCC(C)(C)OC)NCCCCCCCC(=O)OCC. The van der Waals surface area contributed by atoms with E-state index in [1.165, 1.54) is 0 Å². The van der Waals surface area contributed by atoms with Crippen molar-refractivity contribution in [2.24, 2.45) is 4.99 Å². The summed E-state index contributed by atoms with van der Waals surface area (Å²) < 4.78 is 10.3. The van der Waals surface area contributed by atoms with Gasteiger partial charge in [-0.05, 0) is 40.5 Å². The van der Waals surface area contributed by atoms with Crippen LogP contribution in [0.3, 0.4) is 0 Å². The second kappa shape index (κ2) is 14.1. The van der Waals surface area contributed by atoms with Crippen molar-refractivity contribution < 1.29 is 14.3 Å². The van der Waals surface area contributed by atoms with Crippen LogP contribution in [0.2, 0.25) is 0 Å². The molecule has 6 nitrogen and oxygen atoms in total. The zero-order chi connectivity index (χ0) is 18.3. The molecule has 0 aromatic rings. The molecule has 6 heteroatoms. The quantitative estimate of drug-likeness (QED) is 0.233. The summed E-state index contributed by atoms with van der Waals surface area (Å²) in [5.74, 6) is 0.759. The van der Waals surface area contributed by atoms with Crippen molar-refractivity contribution >= 4 is 11.9 Å². The summed E-state index contributed by atoms with van der Waals surface area (Å²) in [7, 11) is 1.71. The van der Waals surface area contributed by atoms with Gasteiger partial charge in [-0.1, -0.05) is 19.3 Å². The number of esters is 1. The van der Waals surface area contributed by atoms with Gasteiger partial charge >= 0.3 is 5.97 Å². The zero-order valence-electron chi connectivity index (χ0n) is 16.2. The van der Waals surface area contributed by atoms with E-state index in [1.807, 2.05) is 20.8 Å². The normalized spacial score (nSPS) is 12.1. The Balaban J connectivity index is 3.78. The number of nitrogens with one attached hydrogen (secondary N) is 2. The third-order valence-electron chi connectivity index (χ3n) is 3.67. The Morgan fingerprint density at radius 2 is 1.71 bits per heavy atom. The number of unbranched alkanes of at least 4 members (excludes halogenated alkanes) is 4. The fourth-order valence-electron chi connectivity index (χ4n) is 2.04. The molecule has 0 aliphatic rings. The molecule has 0 atom stereocenters. The van der Waals surface area contributed by atoms with Gasteiger partial charge in [-0.2, -0.15) is 0 Å². The predicted molar refractivity (Wildman–Crippen MR) is 99.4 cm³/mol. The van der Waals surface area contributed by atoms with E-state index in [0.717, 1.165) is 51.2 Å². The van der Waals surface area contributed by atoms with Gasteiger partial charge in [0.2, 0.25) is 0 Å². The molecule has 0 aromatic heterocycles. The topological polar surface area (TPSA) is 72.0 Å². The Morgan fingerprint density at radius 3 is 2.33 bits per heavy atom. The molecule has 24 heavy (non-hydrogen) atoms. The molecule has 0 aliphatic heterocycles. The minimum Gasteiger partial charge on any atom is -0.466 e. The van der Waals surface area contributed by atoms with Gasteiger partial charge in [0.15, 0.2) is 5.96 Å². The highest BCUT2D eigenvalue weighted by molar-refractivity contribution is 5.79. The van der Waals surface area contributed by atoms with Gasteiger partial charge in [0.1, 0.15) is 0 Å². The summed E-state index contributed by atoms with van der Waals surface area (Å²) in [5.41, 5.74) is -0.249. The molecule has 0 bridgehead atoms. The maximum Gasteiger partial charge on any atom is 0.305 e. The summed E-state index contributed by atoms with van der Waals surface area (Å²) in [6, 6.07) is 0. The summed E-state index contributed by atoms with van der Waals surface area (Å²) in [6.07, 6.45) is 5.93. The number of carbonyl (C=O) groups is 1. The highest BCUT2D eigenvalue weighted by atomic mass is 16.5. The first kappa shape index (κ1) is 22.7. The van der Waals surface area contributed by atoms with Crippen molar-refractivity contribution in [3.05, 3.63) is 0 Å². The number of guanidine groups is 1. The molecule has 0 rings (SSSR count). The first-order valence-electron chi connectivity index (χ1n) is 9.18. The van der Waals surface area contributed by atoms with E-state index in [4.69, 9.17) is 9.47 Å². The van der Waals surface area contributed by atoms with E-state index < -0.39 is 0 Å². The van der Waals surface area contributed by atoms with E-state index in [2.05, 4.69) is 22.5 Å². The Hall–Kier alpha value is -1.30. The van der Waals surface area contributed by atoms with Crippen molar-refractivity contribution in [1.29, 1.82) is 0 Å². The second-order valence-electron chi connectivity index (χ2n) is 6.41. The molecule has 0 aliphatic carbocycles. The monoisotopic (exact) mass is 343 g/mol. The van der Waals surface area contributed by atoms with Crippen molar-refractivity contribution in [2.75, 3.05) is 33.4 Å². The van der Waals surface area contributed by atoms with Gasteiger partial charge in [0.25, 0.3) is 0 Å². The molecule has 0 spiro atoms. The Bertz CT molecular complexity index is 357. The lowest BCUT2D eigenvalue weighted by Gasteiger charge is -2.21. The minimum atomic E-state index is -0.249. The smallest absolute Gasteiger partial charge is 0.305 e. The van der Waals surface area contributed by atoms with E-state index in [0.29, 0.717) is 19.6 Å². The number of methoxy groups -OCH3 is 1. The van der Waals surface area contributed by atoms with Crippen LogP contribution in [-0.4, -0.2) is 50.9 Å². The molecule has 0 saturated carbocycles. The number of hydrogen-bond donors (Lipinski definition) is 2. The molecule has 0 aromatic carbocycles. The van der Waals surface area contributed by atoms with Crippen molar-refractivity contribution in [2.45, 2.75) is 71.8 Å². The molecular formula is C18H37N3O3. The van der Waals surface area contributed by atoms with E-state index in [1.54, 1.807) is 7.11 Å². The summed E-state index contributed by atoms with van der Waals surface area (Å²) in [6.45, 7) is 10.8. The summed E-state index contributed by atoms with van der Waals surface area (Å²) in [4.78, 5) is 15.8. The van der Waals surface area contributed by atoms with Crippen LogP contribution in [0.1, 0.15) is 66.2 Å². The number of carbonyl (C=O) groups excluding carboxylic acids is 1. The molecule has 0 radical (unpaired) electrons. The Kier molecular flexibility index (Phi) is 13.3. The largest absolute Gasteiger partial charge is 0.466 e. The van der Waals surface area contributed by atoms with E-state index in [-0.39, 0.29) is 11.6 Å². The lowest BCUT2D eigenvalue weighted by atomic mass is 10.1. The number of ether oxygens (including phenoxy) is 2. The van der Waals surface area contributed by atoms with Gasteiger partial charge in [-0.3, -0.25) is 9.79 Å². The Morgan fingerprint density at radius 1 is 1.04 bits per heavy atom. The van der Waals surface area contributed by atoms with E-state index >= 15 is 0 Å². The molecule has 0 fully saturated rings. The lowest BCUT2D eigenvalue weighted by Crippen LogP contribution is -2.39. The van der Waals surface area contributed by atoms with Crippen LogP contribution in [0.5, 0.6) is 0 Å². The van der Waals surface area contributed by atoms with Crippen LogP contribution >= 0.6 is 0 Å². The number of hydrogen-bond acceptors (Lipinski definition) is 4. The average Bonchev–Trinajstić information content (AvgIpc) is 2.55. The lowest BCUT2D eigenvalue weighted by molar-refractivity contribution is -0.143. The van der Waals surface area contributed by atoms with Gasteiger partial charge in [-0.25, -0.2) is 0 Å². The maximum absolute atomic E-state index is 11.2.